The van der Waals surface area contributed by atoms with Crippen LogP contribution in [-0.2, 0) is 14.3 Å². The molecule has 0 radical (unpaired) electrons. The smallest absolute Gasteiger partial charge is 0.341 e. The lowest BCUT2D eigenvalue weighted by Crippen LogP contribution is -2.17. The largest absolute Gasteiger partial charge is 0.462 e. The van der Waals surface area contributed by atoms with E-state index in [1.54, 1.807) is 13.0 Å². The second-order valence-corrected chi connectivity index (χ2v) is 5.90. The van der Waals surface area contributed by atoms with Crippen LogP contribution in [0.25, 0.3) is 16.8 Å². The van der Waals surface area contributed by atoms with Crippen molar-refractivity contribution in [3.05, 3.63) is 53.6 Å². The van der Waals surface area contributed by atoms with E-state index in [0.29, 0.717) is 6.61 Å². The number of hydrogen-bond donors (Lipinski definition) is 0. The average molecular weight is 310 g/mol. The summed E-state index contributed by atoms with van der Waals surface area (Å²) in [5, 5.41) is 2.08. The summed E-state index contributed by atoms with van der Waals surface area (Å²) < 4.78 is 5.24. The fourth-order valence-corrected chi connectivity index (χ4v) is 2.30. The summed E-state index contributed by atoms with van der Waals surface area (Å²) in [4.78, 5) is 24.4. The van der Waals surface area contributed by atoms with Crippen LogP contribution in [0.4, 0.5) is 0 Å². The third-order valence-corrected chi connectivity index (χ3v) is 3.51. The second-order valence-electron chi connectivity index (χ2n) is 5.90. The van der Waals surface area contributed by atoms with E-state index in [2.05, 4.69) is 0 Å². The molecule has 0 fully saturated rings. The minimum Gasteiger partial charge on any atom is -0.462 e. The van der Waals surface area contributed by atoms with E-state index in [9.17, 15) is 9.59 Å². The molecular formula is C20H22O3. The van der Waals surface area contributed by atoms with Gasteiger partial charge in [0, 0.05) is 6.42 Å². The fourth-order valence-electron chi connectivity index (χ4n) is 2.30. The van der Waals surface area contributed by atoms with Crippen LogP contribution in [0.5, 0.6) is 0 Å². The topological polar surface area (TPSA) is 43.4 Å². The SMILES string of the molecule is CCC(=O)C(=Cc1cccc2ccccc12)C(=O)OCC(C)C. The average Bonchev–Trinajstić information content (AvgIpc) is 2.56. The van der Waals surface area contributed by atoms with Crippen LogP contribution in [0.2, 0.25) is 0 Å². The first kappa shape index (κ1) is 16.9. The number of hydrogen-bond acceptors (Lipinski definition) is 3. The van der Waals surface area contributed by atoms with Crippen molar-refractivity contribution in [1.82, 2.24) is 0 Å². The second kappa shape index (κ2) is 7.73. The quantitative estimate of drug-likeness (QED) is 0.344. The van der Waals surface area contributed by atoms with Gasteiger partial charge < -0.3 is 4.74 Å². The molecule has 0 amide bonds. The van der Waals surface area contributed by atoms with Crippen LogP contribution in [-0.4, -0.2) is 18.4 Å². The van der Waals surface area contributed by atoms with Crippen LogP contribution >= 0.6 is 0 Å². The molecule has 0 bridgehead atoms. The Morgan fingerprint density at radius 2 is 1.78 bits per heavy atom. The molecule has 2 aromatic rings. The molecule has 0 saturated heterocycles. The molecule has 0 atom stereocenters. The molecule has 120 valence electrons. The van der Waals surface area contributed by atoms with Gasteiger partial charge in [0.2, 0.25) is 0 Å². The summed E-state index contributed by atoms with van der Waals surface area (Å²) in [5.41, 5.74) is 0.964. The Labute approximate surface area is 137 Å². The number of ether oxygens (including phenoxy) is 1. The molecule has 0 spiro atoms. The van der Waals surface area contributed by atoms with Gasteiger partial charge in [0.15, 0.2) is 5.78 Å². The summed E-state index contributed by atoms with van der Waals surface area (Å²) in [5.74, 6) is -0.514. The van der Waals surface area contributed by atoms with Crippen molar-refractivity contribution in [2.75, 3.05) is 6.61 Å². The van der Waals surface area contributed by atoms with E-state index < -0.39 is 5.97 Å². The first-order chi connectivity index (χ1) is 11.0. The van der Waals surface area contributed by atoms with Crippen molar-refractivity contribution < 1.29 is 14.3 Å². The van der Waals surface area contributed by atoms with E-state index in [1.807, 2.05) is 56.3 Å². The predicted molar refractivity (Wildman–Crippen MR) is 93.0 cm³/mol. The number of rotatable bonds is 6. The van der Waals surface area contributed by atoms with Crippen molar-refractivity contribution in [2.24, 2.45) is 5.92 Å². The summed E-state index contributed by atoms with van der Waals surface area (Å²) >= 11 is 0. The molecule has 0 N–H and O–H groups in total. The molecule has 0 aliphatic carbocycles. The number of Topliss-reactive ketones (excluding diaryl/α,β-unsaturated/α-hetero) is 1. The maximum Gasteiger partial charge on any atom is 0.341 e. The lowest BCUT2D eigenvalue weighted by molar-refractivity contribution is -0.141. The third-order valence-electron chi connectivity index (χ3n) is 3.51. The molecule has 0 aliphatic rings. The molecule has 0 aromatic heterocycles. The number of fused-ring (bicyclic) bond motifs is 1. The van der Waals surface area contributed by atoms with E-state index in [-0.39, 0.29) is 23.7 Å². The molecule has 0 heterocycles. The van der Waals surface area contributed by atoms with Crippen LogP contribution in [0.1, 0.15) is 32.8 Å². The standard InChI is InChI=1S/C20H22O3/c1-4-19(21)18(20(22)23-13-14(2)3)12-16-10-7-9-15-8-5-6-11-17(15)16/h5-12,14H,4,13H2,1-3H3. The fraction of sp³-hybridized carbons (Fsp3) is 0.300. The minimum atomic E-state index is -0.543. The highest BCUT2D eigenvalue weighted by molar-refractivity contribution is 6.21. The molecule has 0 aliphatic heterocycles. The van der Waals surface area contributed by atoms with Crippen molar-refractivity contribution >= 4 is 28.6 Å². The number of carbonyl (C=O) groups excluding carboxylic acids is 2. The van der Waals surface area contributed by atoms with Gasteiger partial charge in [-0.25, -0.2) is 4.79 Å². The summed E-state index contributed by atoms with van der Waals surface area (Å²) in [7, 11) is 0. The number of carbonyl (C=O) groups is 2. The molecular weight excluding hydrogens is 288 g/mol. The highest BCUT2D eigenvalue weighted by atomic mass is 16.5. The van der Waals surface area contributed by atoms with E-state index in [0.717, 1.165) is 16.3 Å². The summed E-state index contributed by atoms with van der Waals surface area (Å²) in [6.07, 6.45) is 1.92. The van der Waals surface area contributed by atoms with E-state index in [1.165, 1.54) is 0 Å². The molecule has 0 saturated carbocycles. The normalized spacial score (nSPS) is 11.7. The lowest BCUT2D eigenvalue weighted by atomic mass is 10.00. The summed E-state index contributed by atoms with van der Waals surface area (Å²) in [6, 6.07) is 13.7. The van der Waals surface area contributed by atoms with Crippen molar-refractivity contribution in [3.63, 3.8) is 0 Å². The molecule has 2 aromatic carbocycles. The zero-order valence-corrected chi connectivity index (χ0v) is 13.8. The summed E-state index contributed by atoms with van der Waals surface area (Å²) in [6.45, 7) is 5.98. The van der Waals surface area contributed by atoms with Gasteiger partial charge in [-0.1, -0.05) is 63.2 Å². The number of ketones is 1. The maximum absolute atomic E-state index is 12.3. The van der Waals surface area contributed by atoms with Gasteiger partial charge in [0.05, 0.1) is 6.61 Å². The van der Waals surface area contributed by atoms with Crippen LogP contribution in [0.3, 0.4) is 0 Å². The maximum atomic E-state index is 12.3. The molecule has 23 heavy (non-hydrogen) atoms. The molecule has 3 heteroatoms. The van der Waals surface area contributed by atoms with Crippen molar-refractivity contribution in [1.29, 1.82) is 0 Å². The van der Waals surface area contributed by atoms with E-state index >= 15 is 0 Å². The van der Waals surface area contributed by atoms with Gasteiger partial charge in [-0.15, -0.1) is 0 Å². The van der Waals surface area contributed by atoms with Crippen LogP contribution in [0.15, 0.2) is 48.0 Å². The molecule has 3 nitrogen and oxygen atoms in total. The third kappa shape index (κ3) is 4.28. The number of esters is 1. The van der Waals surface area contributed by atoms with Gasteiger partial charge in [-0.2, -0.15) is 0 Å². The molecule has 0 unspecified atom stereocenters. The predicted octanol–water partition coefficient (Wildman–Crippen LogP) is 4.40. The first-order valence-electron chi connectivity index (χ1n) is 7.92. The van der Waals surface area contributed by atoms with Crippen molar-refractivity contribution in [2.45, 2.75) is 27.2 Å². The van der Waals surface area contributed by atoms with Gasteiger partial charge >= 0.3 is 5.97 Å². The Hall–Kier alpha value is -2.42. The Bertz CT molecular complexity index is 736. The van der Waals surface area contributed by atoms with Gasteiger partial charge in [-0.3, -0.25) is 4.79 Å². The Morgan fingerprint density at radius 3 is 2.48 bits per heavy atom. The number of benzene rings is 2. The first-order valence-corrected chi connectivity index (χ1v) is 7.92. The highest BCUT2D eigenvalue weighted by Gasteiger charge is 2.19. The Kier molecular flexibility index (Phi) is 5.69. The van der Waals surface area contributed by atoms with Gasteiger partial charge in [0.1, 0.15) is 5.57 Å². The van der Waals surface area contributed by atoms with Gasteiger partial charge in [0.25, 0.3) is 0 Å². The Balaban J connectivity index is 2.43. The van der Waals surface area contributed by atoms with Crippen LogP contribution < -0.4 is 0 Å². The zero-order valence-electron chi connectivity index (χ0n) is 13.8. The van der Waals surface area contributed by atoms with E-state index in [4.69, 9.17) is 4.74 Å². The zero-order chi connectivity index (χ0) is 16.8. The van der Waals surface area contributed by atoms with Gasteiger partial charge in [-0.05, 0) is 28.3 Å². The Morgan fingerprint density at radius 1 is 1.09 bits per heavy atom. The highest BCUT2D eigenvalue weighted by Crippen LogP contribution is 2.22. The lowest BCUT2D eigenvalue weighted by Gasteiger charge is -2.10. The van der Waals surface area contributed by atoms with Crippen molar-refractivity contribution in [3.8, 4) is 0 Å². The van der Waals surface area contributed by atoms with Crippen LogP contribution in [0, 0.1) is 5.92 Å². The monoisotopic (exact) mass is 310 g/mol. The molecule has 2 rings (SSSR count). The minimum absolute atomic E-state index is 0.115.